The molecule has 5 unspecified atom stereocenters. The Bertz CT molecular complexity index is 187. The number of hydrogen-bond acceptors (Lipinski definition) is 7. The number of aliphatic hydroxyl groups is 6. The topological polar surface area (TPSA) is 131 Å². The van der Waals surface area contributed by atoms with Gasteiger partial charge in [0.1, 0.15) is 30.5 Å². The van der Waals surface area contributed by atoms with Crippen LogP contribution in [0, 0.1) is 0 Å². The van der Waals surface area contributed by atoms with Gasteiger partial charge in [0.25, 0.3) is 0 Å². The van der Waals surface area contributed by atoms with Crippen LogP contribution in [0.5, 0.6) is 0 Å². The van der Waals surface area contributed by atoms with E-state index in [-0.39, 0.29) is 0 Å². The van der Waals surface area contributed by atoms with Crippen molar-refractivity contribution in [2.24, 2.45) is 0 Å². The first kappa shape index (κ1) is 11.8. The third-order valence-corrected chi connectivity index (χ3v) is 2.19. The average molecular weight is 210 g/mol. The molecule has 0 radical (unpaired) electrons. The van der Waals surface area contributed by atoms with E-state index < -0.39 is 43.4 Å². The van der Waals surface area contributed by atoms with Crippen molar-refractivity contribution >= 4 is 0 Å². The normalized spacial score (nSPS) is 42.4. The van der Waals surface area contributed by atoms with Crippen LogP contribution in [0.3, 0.4) is 0 Å². The summed E-state index contributed by atoms with van der Waals surface area (Å²) in [5.41, 5.74) is 0. The van der Waals surface area contributed by atoms with Crippen molar-refractivity contribution in [2.75, 3.05) is 6.61 Å². The highest BCUT2D eigenvalue weighted by Gasteiger charge is 2.46. The van der Waals surface area contributed by atoms with Crippen LogP contribution in [0.25, 0.3) is 0 Å². The molecule has 0 aromatic heterocycles. The van der Waals surface area contributed by atoms with Gasteiger partial charge in [0.05, 0.1) is 6.61 Å². The summed E-state index contributed by atoms with van der Waals surface area (Å²) < 4.78 is 4.61. The molecule has 1 aliphatic rings. The quantitative estimate of drug-likeness (QED) is 0.281. The number of hydrogen-bond donors (Lipinski definition) is 6. The molecule has 7 heteroatoms. The molecule has 0 bridgehead atoms. The minimum Gasteiger partial charge on any atom is -0.394 e. The fourth-order valence-corrected chi connectivity index (χ4v) is 1.29. The second-order valence-electron chi connectivity index (χ2n) is 3.21. The Kier molecular flexibility index (Phi) is 3.78. The van der Waals surface area contributed by atoms with Crippen LogP contribution in [0.1, 0.15) is 0 Å². The van der Waals surface area contributed by atoms with Crippen LogP contribution in [0.4, 0.5) is 0 Å². The maximum Gasteiger partial charge on any atom is 0.184 e. The van der Waals surface area contributed by atoms with E-state index in [1.165, 1.54) is 0 Å². The highest BCUT2D eigenvalue weighted by Crippen LogP contribution is 2.23. The van der Waals surface area contributed by atoms with Crippen LogP contribution in [0.2, 0.25) is 0 Å². The molecule has 6 N–H and O–H groups in total. The molecule has 0 spiro atoms. The summed E-state index contributed by atoms with van der Waals surface area (Å²) in [4.78, 5) is 0. The molecule has 84 valence electrons. The van der Waals surface area contributed by atoms with Crippen molar-refractivity contribution in [3.63, 3.8) is 0 Å². The van der Waals surface area contributed by atoms with Crippen LogP contribution >= 0.6 is 0 Å². The lowest BCUT2D eigenvalue weighted by molar-refractivity contribution is -0.164. The second kappa shape index (κ2) is 4.49. The molecule has 0 amide bonds. The minimum atomic E-state index is -1.60. The Hall–Kier alpha value is -0.280. The van der Waals surface area contributed by atoms with Crippen LogP contribution < -0.4 is 0 Å². The lowest BCUT2D eigenvalue weighted by Crippen LogP contribution is -2.46. The molecule has 0 aromatic carbocycles. The molecule has 1 fully saturated rings. The largest absolute Gasteiger partial charge is 0.394 e. The Labute approximate surface area is 79.8 Å². The van der Waals surface area contributed by atoms with Crippen LogP contribution in [0.15, 0.2) is 0 Å². The molecule has 6 atom stereocenters. The molecule has 0 aromatic rings. The monoisotopic (exact) mass is 210 g/mol. The van der Waals surface area contributed by atoms with E-state index in [1.807, 2.05) is 0 Å². The van der Waals surface area contributed by atoms with Crippen molar-refractivity contribution < 1.29 is 35.4 Å². The Morgan fingerprint density at radius 2 is 1.64 bits per heavy atom. The standard InChI is InChI=1S/C7H14O7/c8-1-2(9)3(10)6-4(11)5(12)7(13)14-6/h2-13H,1H2/t2?,3?,4?,5?,6?,7-/m1/s1. The van der Waals surface area contributed by atoms with E-state index in [1.54, 1.807) is 0 Å². The SMILES string of the molecule is OCC(O)C(O)C1O[C@@H](O)C(O)C1O. The molecule has 1 saturated heterocycles. The summed E-state index contributed by atoms with van der Waals surface area (Å²) in [6.45, 7) is -0.708. The predicted octanol–water partition coefficient (Wildman–Crippen LogP) is -3.86. The fraction of sp³-hybridized carbons (Fsp3) is 1.00. The van der Waals surface area contributed by atoms with Crippen molar-refractivity contribution in [2.45, 2.75) is 36.8 Å². The molecule has 1 heterocycles. The number of aliphatic hydroxyl groups excluding tert-OH is 6. The van der Waals surface area contributed by atoms with Crippen LogP contribution in [-0.2, 0) is 4.74 Å². The fourth-order valence-electron chi connectivity index (χ4n) is 1.29. The summed E-state index contributed by atoms with van der Waals surface area (Å²) in [7, 11) is 0. The number of ether oxygens (including phenoxy) is 1. The summed E-state index contributed by atoms with van der Waals surface area (Å²) >= 11 is 0. The predicted molar refractivity (Wildman–Crippen MR) is 42.0 cm³/mol. The van der Waals surface area contributed by atoms with Gasteiger partial charge in [0.2, 0.25) is 0 Å². The van der Waals surface area contributed by atoms with Gasteiger partial charge < -0.3 is 35.4 Å². The van der Waals surface area contributed by atoms with E-state index in [2.05, 4.69) is 4.74 Å². The third-order valence-electron chi connectivity index (χ3n) is 2.19. The van der Waals surface area contributed by atoms with Gasteiger partial charge in [-0.15, -0.1) is 0 Å². The Morgan fingerprint density at radius 3 is 2.00 bits per heavy atom. The Morgan fingerprint density at radius 1 is 1.07 bits per heavy atom. The first-order valence-corrected chi connectivity index (χ1v) is 4.15. The summed E-state index contributed by atoms with van der Waals surface area (Å²) in [5.74, 6) is 0. The average Bonchev–Trinajstić information content (AvgIpc) is 2.43. The lowest BCUT2D eigenvalue weighted by Gasteiger charge is -2.23. The second-order valence-corrected chi connectivity index (χ2v) is 3.21. The van der Waals surface area contributed by atoms with Crippen molar-refractivity contribution in [1.82, 2.24) is 0 Å². The molecule has 7 nitrogen and oxygen atoms in total. The zero-order valence-corrected chi connectivity index (χ0v) is 7.26. The maximum atomic E-state index is 9.31. The summed E-state index contributed by atoms with van der Waals surface area (Å²) in [6, 6.07) is 0. The first-order chi connectivity index (χ1) is 6.49. The third kappa shape index (κ3) is 2.04. The van der Waals surface area contributed by atoms with Crippen LogP contribution in [-0.4, -0.2) is 74.1 Å². The van der Waals surface area contributed by atoms with Gasteiger partial charge in [-0.1, -0.05) is 0 Å². The molecule has 14 heavy (non-hydrogen) atoms. The zero-order valence-electron chi connectivity index (χ0n) is 7.26. The van der Waals surface area contributed by atoms with Gasteiger partial charge in [0, 0.05) is 0 Å². The molecule has 1 rings (SSSR count). The van der Waals surface area contributed by atoms with Gasteiger partial charge >= 0.3 is 0 Å². The maximum absolute atomic E-state index is 9.31. The van der Waals surface area contributed by atoms with Crippen molar-refractivity contribution in [1.29, 1.82) is 0 Å². The molecular weight excluding hydrogens is 196 g/mol. The summed E-state index contributed by atoms with van der Waals surface area (Å²) in [6.07, 6.45) is -9.01. The smallest absolute Gasteiger partial charge is 0.184 e. The lowest BCUT2D eigenvalue weighted by atomic mass is 10.0. The Balaban J connectivity index is 2.61. The highest BCUT2D eigenvalue weighted by molar-refractivity contribution is 4.92. The van der Waals surface area contributed by atoms with E-state index in [0.717, 1.165) is 0 Å². The van der Waals surface area contributed by atoms with E-state index in [9.17, 15) is 10.2 Å². The van der Waals surface area contributed by atoms with E-state index in [4.69, 9.17) is 20.4 Å². The molecule has 1 aliphatic heterocycles. The van der Waals surface area contributed by atoms with Gasteiger partial charge in [-0.05, 0) is 0 Å². The van der Waals surface area contributed by atoms with Crippen molar-refractivity contribution in [3.8, 4) is 0 Å². The zero-order chi connectivity index (χ0) is 10.9. The van der Waals surface area contributed by atoms with E-state index in [0.29, 0.717) is 0 Å². The minimum absolute atomic E-state index is 0.708. The highest BCUT2D eigenvalue weighted by atomic mass is 16.6. The number of rotatable bonds is 3. The first-order valence-electron chi connectivity index (χ1n) is 4.15. The van der Waals surface area contributed by atoms with Gasteiger partial charge in [-0.3, -0.25) is 0 Å². The molecular formula is C7H14O7. The van der Waals surface area contributed by atoms with Gasteiger partial charge in [-0.25, -0.2) is 0 Å². The van der Waals surface area contributed by atoms with Crippen molar-refractivity contribution in [3.05, 3.63) is 0 Å². The molecule has 0 saturated carbocycles. The van der Waals surface area contributed by atoms with Gasteiger partial charge in [0.15, 0.2) is 6.29 Å². The summed E-state index contributed by atoms with van der Waals surface area (Å²) in [5, 5.41) is 54.1. The molecule has 0 aliphatic carbocycles. The van der Waals surface area contributed by atoms with E-state index >= 15 is 0 Å². The van der Waals surface area contributed by atoms with Gasteiger partial charge in [-0.2, -0.15) is 0 Å².